The second-order valence-corrected chi connectivity index (χ2v) is 6.17. The van der Waals surface area contributed by atoms with E-state index >= 15 is 0 Å². The molecule has 0 saturated carbocycles. The minimum atomic E-state index is -1.71. The van der Waals surface area contributed by atoms with E-state index in [1.807, 2.05) is 16.8 Å². The van der Waals surface area contributed by atoms with Crippen LogP contribution in [0.4, 0.5) is 0 Å². The highest BCUT2D eigenvalue weighted by Crippen LogP contribution is 2.37. The molecule has 3 N–H and O–H groups in total. The van der Waals surface area contributed by atoms with Crippen LogP contribution in [0, 0.1) is 0 Å². The normalized spacial score (nSPS) is 31.5. The predicted octanol–water partition coefficient (Wildman–Crippen LogP) is -0.0266. The third-order valence-corrected chi connectivity index (χ3v) is 4.52. The summed E-state index contributed by atoms with van der Waals surface area (Å²) in [7, 11) is 0. The van der Waals surface area contributed by atoms with Crippen molar-refractivity contribution in [2.45, 2.75) is 31.0 Å². The van der Waals surface area contributed by atoms with Crippen LogP contribution in [0.1, 0.15) is 13.2 Å². The van der Waals surface area contributed by atoms with Crippen molar-refractivity contribution in [2.24, 2.45) is 0 Å². The molecule has 3 heterocycles. The number of ether oxygens (including phenoxy) is 1. The Balaban J connectivity index is 1.98. The fourth-order valence-corrected chi connectivity index (χ4v) is 3.20. The fourth-order valence-electron chi connectivity index (χ4n) is 2.55. The number of rotatable bonds is 3. The monoisotopic (exact) mass is 324 g/mol. The van der Waals surface area contributed by atoms with Crippen molar-refractivity contribution in [1.29, 1.82) is 0 Å². The summed E-state index contributed by atoms with van der Waals surface area (Å²) in [5.74, 6) is 0. The number of aliphatic hydroxyl groups is 3. The zero-order valence-corrected chi connectivity index (χ0v) is 12.6. The first-order chi connectivity index (χ1) is 10.4. The molecule has 1 unspecified atom stereocenters. The fraction of sp³-hybridized carbons (Fsp3) is 0.429. The first kappa shape index (κ1) is 15.3. The van der Waals surface area contributed by atoms with E-state index in [4.69, 9.17) is 4.74 Å². The first-order valence-corrected chi connectivity index (χ1v) is 7.68. The molecule has 0 radical (unpaired) electrons. The van der Waals surface area contributed by atoms with Crippen LogP contribution in [0.3, 0.4) is 0 Å². The van der Waals surface area contributed by atoms with Crippen LogP contribution < -0.4 is 5.69 Å². The van der Waals surface area contributed by atoms with Crippen molar-refractivity contribution in [1.82, 2.24) is 9.55 Å². The minimum Gasteiger partial charge on any atom is -0.394 e. The highest BCUT2D eigenvalue weighted by Gasteiger charge is 2.53. The average molecular weight is 324 g/mol. The van der Waals surface area contributed by atoms with Crippen molar-refractivity contribution < 1.29 is 20.1 Å². The summed E-state index contributed by atoms with van der Waals surface area (Å²) in [5, 5.41) is 33.3. The van der Waals surface area contributed by atoms with Gasteiger partial charge in [0.25, 0.3) is 0 Å². The number of aliphatic hydroxyl groups excluding tert-OH is 2. The summed E-state index contributed by atoms with van der Waals surface area (Å²) >= 11 is 1.50. The lowest BCUT2D eigenvalue weighted by Crippen LogP contribution is -2.46. The number of hydrogen-bond donors (Lipinski definition) is 3. The number of nitrogens with zero attached hydrogens (tertiary/aromatic N) is 2. The Morgan fingerprint density at radius 1 is 1.50 bits per heavy atom. The first-order valence-electron chi connectivity index (χ1n) is 6.73. The second-order valence-electron chi connectivity index (χ2n) is 5.39. The molecule has 7 nitrogen and oxygen atoms in total. The molecule has 2 aromatic rings. The van der Waals surface area contributed by atoms with Crippen LogP contribution >= 0.6 is 11.3 Å². The van der Waals surface area contributed by atoms with Crippen LogP contribution in [0.5, 0.6) is 0 Å². The minimum absolute atomic E-state index is 0.455. The molecule has 2 aromatic heterocycles. The maximum absolute atomic E-state index is 12.2. The largest absolute Gasteiger partial charge is 0.394 e. The molecule has 0 bridgehead atoms. The maximum Gasteiger partial charge on any atom is 0.350 e. The molecule has 3 rings (SSSR count). The molecule has 118 valence electrons. The molecule has 0 spiro atoms. The van der Waals surface area contributed by atoms with Gasteiger partial charge in [0.2, 0.25) is 0 Å². The molecular formula is C14H16N2O5S. The quantitative estimate of drug-likeness (QED) is 0.732. The summed E-state index contributed by atoms with van der Waals surface area (Å²) in [6.45, 7) is 0.903. The smallest absolute Gasteiger partial charge is 0.350 e. The van der Waals surface area contributed by atoms with Gasteiger partial charge in [-0.3, -0.25) is 4.57 Å². The summed E-state index contributed by atoms with van der Waals surface area (Å²) < 4.78 is 6.53. The standard InChI is InChI=1S/C14H16N2O5S/c1-14(20)11(18)10(6-17)21-12(14)16-4-2-9(15-13(16)19)8-3-5-22-7-8/h2-5,7,10-12,17-18,20H,6H2,1H3/t10-,11-,12?,14-/m1/s1. The van der Waals surface area contributed by atoms with Gasteiger partial charge in [-0.05, 0) is 24.4 Å². The van der Waals surface area contributed by atoms with Gasteiger partial charge in [0.1, 0.15) is 17.8 Å². The molecule has 1 saturated heterocycles. The lowest BCUT2D eigenvalue weighted by atomic mass is 9.96. The lowest BCUT2D eigenvalue weighted by molar-refractivity contribution is -0.0986. The number of thiophene rings is 1. The second kappa shape index (κ2) is 5.56. The van der Waals surface area contributed by atoms with Crippen LogP contribution in [-0.2, 0) is 4.74 Å². The van der Waals surface area contributed by atoms with Crippen LogP contribution in [0.2, 0.25) is 0 Å². The van der Waals surface area contributed by atoms with Gasteiger partial charge in [-0.15, -0.1) is 0 Å². The van der Waals surface area contributed by atoms with Gasteiger partial charge in [-0.25, -0.2) is 4.79 Å². The highest BCUT2D eigenvalue weighted by atomic mass is 32.1. The summed E-state index contributed by atoms with van der Waals surface area (Å²) in [4.78, 5) is 16.2. The Bertz CT molecular complexity index is 712. The third kappa shape index (κ3) is 2.38. The Morgan fingerprint density at radius 2 is 2.27 bits per heavy atom. The van der Waals surface area contributed by atoms with Crippen LogP contribution in [0.15, 0.2) is 33.9 Å². The molecule has 0 amide bonds. The predicted molar refractivity (Wildman–Crippen MR) is 79.4 cm³/mol. The zero-order valence-electron chi connectivity index (χ0n) is 11.8. The van der Waals surface area contributed by atoms with E-state index in [1.54, 1.807) is 6.07 Å². The van der Waals surface area contributed by atoms with Crippen molar-refractivity contribution in [2.75, 3.05) is 6.61 Å². The molecule has 0 aromatic carbocycles. The van der Waals surface area contributed by atoms with E-state index in [1.165, 1.54) is 24.5 Å². The Kier molecular flexibility index (Phi) is 3.87. The van der Waals surface area contributed by atoms with Crippen molar-refractivity contribution in [3.05, 3.63) is 39.6 Å². The SMILES string of the molecule is C[C@]1(O)C(n2ccc(-c3ccsc3)nc2=O)O[C@H](CO)[C@H]1O. The van der Waals surface area contributed by atoms with Crippen LogP contribution in [0.25, 0.3) is 11.3 Å². The van der Waals surface area contributed by atoms with Gasteiger partial charge in [-0.1, -0.05) is 0 Å². The maximum atomic E-state index is 12.2. The van der Waals surface area contributed by atoms with Crippen molar-refractivity contribution >= 4 is 11.3 Å². The highest BCUT2D eigenvalue weighted by molar-refractivity contribution is 7.08. The van der Waals surface area contributed by atoms with E-state index in [-0.39, 0.29) is 0 Å². The zero-order chi connectivity index (χ0) is 15.9. The molecule has 0 aliphatic carbocycles. The summed E-state index contributed by atoms with van der Waals surface area (Å²) in [6, 6.07) is 3.49. The molecule has 1 aliphatic rings. The van der Waals surface area contributed by atoms with Gasteiger partial charge in [0, 0.05) is 17.1 Å². The van der Waals surface area contributed by atoms with Gasteiger partial charge in [-0.2, -0.15) is 16.3 Å². The van der Waals surface area contributed by atoms with Crippen molar-refractivity contribution in [3.8, 4) is 11.3 Å². The van der Waals surface area contributed by atoms with E-state index < -0.39 is 36.3 Å². The van der Waals surface area contributed by atoms with Gasteiger partial charge in [0.05, 0.1) is 12.3 Å². The Labute approximate surface area is 130 Å². The molecule has 4 atom stereocenters. The average Bonchev–Trinajstić information content (AvgIpc) is 3.09. The van der Waals surface area contributed by atoms with Gasteiger partial charge < -0.3 is 20.1 Å². The Morgan fingerprint density at radius 3 is 2.82 bits per heavy atom. The van der Waals surface area contributed by atoms with E-state index in [0.717, 1.165) is 10.1 Å². The number of aromatic nitrogens is 2. The van der Waals surface area contributed by atoms with Crippen LogP contribution in [-0.4, -0.2) is 49.3 Å². The topological polar surface area (TPSA) is 105 Å². The summed E-state index contributed by atoms with van der Waals surface area (Å²) in [5.41, 5.74) is -0.941. The van der Waals surface area contributed by atoms with Gasteiger partial charge >= 0.3 is 5.69 Å². The molecule has 8 heteroatoms. The Hall–Kier alpha value is -1.58. The van der Waals surface area contributed by atoms with E-state index in [0.29, 0.717) is 5.69 Å². The third-order valence-electron chi connectivity index (χ3n) is 3.83. The summed E-state index contributed by atoms with van der Waals surface area (Å²) in [6.07, 6.45) is -1.90. The van der Waals surface area contributed by atoms with E-state index in [2.05, 4.69) is 4.98 Å². The lowest BCUT2D eigenvalue weighted by Gasteiger charge is -2.27. The van der Waals surface area contributed by atoms with Crippen molar-refractivity contribution in [3.63, 3.8) is 0 Å². The van der Waals surface area contributed by atoms with Gasteiger partial charge in [0.15, 0.2) is 6.23 Å². The number of hydrogen-bond acceptors (Lipinski definition) is 7. The molecule has 1 aliphatic heterocycles. The van der Waals surface area contributed by atoms with E-state index in [9.17, 15) is 20.1 Å². The molecule has 1 fully saturated rings. The molecule has 22 heavy (non-hydrogen) atoms. The molecular weight excluding hydrogens is 308 g/mol.